The molecule has 1 saturated heterocycles. The van der Waals surface area contributed by atoms with Crippen molar-refractivity contribution >= 4 is 11.6 Å². The average molecular weight is 364 g/mol. The van der Waals surface area contributed by atoms with E-state index in [1.54, 1.807) is 12.7 Å². The smallest absolute Gasteiger partial charge is 0.159 e. The molecule has 0 aliphatic carbocycles. The molecule has 0 amide bonds. The van der Waals surface area contributed by atoms with Crippen LogP contribution in [0.5, 0.6) is 0 Å². The van der Waals surface area contributed by atoms with Gasteiger partial charge >= 0.3 is 0 Å². The van der Waals surface area contributed by atoms with Gasteiger partial charge in [0.25, 0.3) is 0 Å². The summed E-state index contributed by atoms with van der Waals surface area (Å²) in [5.74, 6) is 2.74. The Bertz CT molecular complexity index is 927. The minimum absolute atomic E-state index is 0.802. The molecule has 0 atom stereocenters. The molecule has 3 aromatic rings. The number of piperazine rings is 1. The van der Waals surface area contributed by atoms with E-state index in [-0.39, 0.29) is 0 Å². The Hall–Kier alpha value is -3.03. The van der Waals surface area contributed by atoms with Gasteiger partial charge in [-0.05, 0) is 26.3 Å². The quantitative estimate of drug-likeness (QED) is 0.700. The lowest BCUT2D eigenvalue weighted by atomic mass is 10.2. The topological polar surface area (TPSA) is 75.9 Å². The molecule has 4 heterocycles. The van der Waals surface area contributed by atoms with Gasteiger partial charge in [0.1, 0.15) is 24.3 Å². The first-order chi connectivity index (χ1) is 13.1. The number of aromatic nitrogens is 6. The highest BCUT2D eigenvalue weighted by molar-refractivity contribution is 5.47. The molecule has 0 saturated carbocycles. The number of anilines is 2. The zero-order valence-electron chi connectivity index (χ0n) is 16.0. The van der Waals surface area contributed by atoms with Gasteiger partial charge in [0, 0.05) is 49.7 Å². The van der Waals surface area contributed by atoms with Crippen LogP contribution in [-0.2, 0) is 6.42 Å². The molecule has 4 rings (SSSR count). The zero-order chi connectivity index (χ0) is 18.8. The van der Waals surface area contributed by atoms with E-state index in [4.69, 9.17) is 0 Å². The minimum Gasteiger partial charge on any atom is -0.353 e. The van der Waals surface area contributed by atoms with E-state index in [1.807, 2.05) is 30.7 Å². The molecule has 140 valence electrons. The largest absolute Gasteiger partial charge is 0.353 e. The summed E-state index contributed by atoms with van der Waals surface area (Å²) in [6, 6.07) is 6.14. The van der Waals surface area contributed by atoms with Crippen molar-refractivity contribution in [3.05, 3.63) is 47.9 Å². The van der Waals surface area contributed by atoms with E-state index in [9.17, 15) is 0 Å². The number of rotatable bonds is 4. The van der Waals surface area contributed by atoms with Crippen LogP contribution in [0.1, 0.15) is 24.0 Å². The van der Waals surface area contributed by atoms with E-state index < -0.39 is 0 Å². The van der Waals surface area contributed by atoms with Crippen LogP contribution in [-0.4, -0.2) is 55.9 Å². The summed E-state index contributed by atoms with van der Waals surface area (Å²) in [7, 11) is 0. The molecule has 1 fully saturated rings. The standard InChI is InChI=1S/C19H24N8/c1-4-16-10-17(21-12-20-16)25-5-7-26(8-6-25)18-11-19(23-13-22-18)27-15(3)9-14(2)24-27/h9-13H,4-8H2,1-3H3. The third-order valence-electron chi connectivity index (χ3n) is 4.86. The van der Waals surface area contributed by atoms with E-state index in [1.165, 1.54) is 0 Å². The highest BCUT2D eigenvalue weighted by atomic mass is 15.3. The Labute approximate surface area is 158 Å². The summed E-state index contributed by atoms with van der Waals surface area (Å²) in [4.78, 5) is 22.2. The molecular formula is C19H24N8. The Morgan fingerprint density at radius 3 is 1.96 bits per heavy atom. The van der Waals surface area contributed by atoms with Gasteiger partial charge in [-0.3, -0.25) is 0 Å². The third kappa shape index (κ3) is 3.60. The first kappa shape index (κ1) is 17.4. The number of hydrogen-bond donors (Lipinski definition) is 0. The maximum Gasteiger partial charge on any atom is 0.159 e. The highest BCUT2D eigenvalue weighted by Crippen LogP contribution is 2.20. The normalized spacial score (nSPS) is 14.6. The average Bonchev–Trinajstić information content (AvgIpc) is 3.06. The lowest BCUT2D eigenvalue weighted by Gasteiger charge is -2.36. The highest BCUT2D eigenvalue weighted by Gasteiger charge is 2.20. The lowest BCUT2D eigenvalue weighted by molar-refractivity contribution is 0.638. The van der Waals surface area contributed by atoms with Gasteiger partial charge in [-0.25, -0.2) is 24.6 Å². The molecule has 3 aromatic heterocycles. The maximum atomic E-state index is 4.52. The van der Waals surface area contributed by atoms with Gasteiger partial charge < -0.3 is 9.80 Å². The molecule has 0 unspecified atom stereocenters. The molecule has 0 bridgehead atoms. The van der Waals surface area contributed by atoms with Crippen molar-refractivity contribution in [1.29, 1.82) is 0 Å². The monoisotopic (exact) mass is 364 g/mol. The molecule has 0 spiro atoms. The Kier molecular flexibility index (Phi) is 4.70. The first-order valence-electron chi connectivity index (χ1n) is 9.30. The minimum atomic E-state index is 0.802. The first-order valence-corrected chi connectivity index (χ1v) is 9.30. The van der Waals surface area contributed by atoms with Crippen LogP contribution in [0.3, 0.4) is 0 Å². The third-order valence-corrected chi connectivity index (χ3v) is 4.86. The van der Waals surface area contributed by atoms with Crippen molar-refractivity contribution in [3.8, 4) is 5.82 Å². The molecule has 1 aliphatic rings. The molecule has 0 radical (unpaired) electrons. The van der Waals surface area contributed by atoms with Gasteiger partial charge in [-0.2, -0.15) is 5.10 Å². The Balaban J connectivity index is 1.48. The van der Waals surface area contributed by atoms with Crippen LogP contribution < -0.4 is 9.80 Å². The number of nitrogens with zero attached hydrogens (tertiary/aromatic N) is 8. The summed E-state index contributed by atoms with van der Waals surface area (Å²) in [5, 5.41) is 4.52. The van der Waals surface area contributed by atoms with E-state index in [0.717, 1.165) is 67.1 Å². The van der Waals surface area contributed by atoms with Crippen LogP contribution in [0.25, 0.3) is 5.82 Å². The van der Waals surface area contributed by atoms with Crippen molar-refractivity contribution in [3.63, 3.8) is 0 Å². The molecule has 0 N–H and O–H groups in total. The summed E-state index contributed by atoms with van der Waals surface area (Å²) in [6.07, 6.45) is 4.20. The van der Waals surface area contributed by atoms with Crippen molar-refractivity contribution in [2.45, 2.75) is 27.2 Å². The van der Waals surface area contributed by atoms with E-state index in [2.05, 4.69) is 47.8 Å². The fourth-order valence-corrected chi connectivity index (χ4v) is 3.40. The van der Waals surface area contributed by atoms with Gasteiger partial charge in [-0.1, -0.05) is 6.92 Å². The van der Waals surface area contributed by atoms with Crippen molar-refractivity contribution in [2.75, 3.05) is 36.0 Å². The fourth-order valence-electron chi connectivity index (χ4n) is 3.40. The van der Waals surface area contributed by atoms with Crippen LogP contribution in [0.15, 0.2) is 30.9 Å². The van der Waals surface area contributed by atoms with Crippen molar-refractivity contribution < 1.29 is 0 Å². The van der Waals surface area contributed by atoms with Gasteiger partial charge in [0.15, 0.2) is 5.82 Å². The molecule has 0 aromatic carbocycles. The summed E-state index contributed by atoms with van der Waals surface area (Å²) < 4.78 is 1.87. The zero-order valence-corrected chi connectivity index (χ0v) is 16.0. The van der Waals surface area contributed by atoms with Crippen molar-refractivity contribution in [2.24, 2.45) is 0 Å². The van der Waals surface area contributed by atoms with E-state index in [0.29, 0.717) is 0 Å². The summed E-state index contributed by atoms with van der Waals surface area (Å²) >= 11 is 0. The fraction of sp³-hybridized carbons (Fsp3) is 0.421. The second kappa shape index (κ2) is 7.30. The van der Waals surface area contributed by atoms with Gasteiger partial charge in [0.05, 0.1) is 5.69 Å². The van der Waals surface area contributed by atoms with Crippen LogP contribution in [0.2, 0.25) is 0 Å². The van der Waals surface area contributed by atoms with Crippen LogP contribution in [0, 0.1) is 13.8 Å². The summed E-state index contributed by atoms with van der Waals surface area (Å²) in [5.41, 5.74) is 3.13. The molecule has 27 heavy (non-hydrogen) atoms. The molecular weight excluding hydrogens is 340 g/mol. The van der Waals surface area contributed by atoms with Gasteiger partial charge in [0.2, 0.25) is 0 Å². The molecule has 8 nitrogen and oxygen atoms in total. The predicted molar refractivity (Wildman–Crippen MR) is 104 cm³/mol. The van der Waals surface area contributed by atoms with Crippen molar-refractivity contribution in [1.82, 2.24) is 29.7 Å². The SMILES string of the molecule is CCc1cc(N2CCN(c3cc(-n4nc(C)cc4C)ncn3)CC2)ncn1. The second-order valence-corrected chi connectivity index (χ2v) is 6.77. The number of aryl methyl sites for hydroxylation is 3. The lowest BCUT2D eigenvalue weighted by Crippen LogP contribution is -2.47. The van der Waals surface area contributed by atoms with Crippen LogP contribution >= 0.6 is 0 Å². The number of hydrogen-bond acceptors (Lipinski definition) is 7. The maximum absolute atomic E-state index is 4.52. The Morgan fingerprint density at radius 2 is 1.37 bits per heavy atom. The summed E-state index contributed by atoms with van der Waals surface area (Å²) in [6.45, 7) is 9.71. The Morgan fingerprint density at radius 1 is 0.778 bits per heavy atom. The van der Waals surface area contributed by atoms with Gasteiger partial charge in [-0.15, -0.1) is 0 Å². The second-order valence-electron chi connectivity index (χ2n) is 6.77. The molecule has 8 heteroatoms. The van der Waals surface area contributed by atoms with Crippen LogP contribution in [0.4, 0.5) is 11.6 Å². The molecule has 1 aliphatic heterocycles. The van der Waals surface area contributed by atoms with E-state index >= 15 is 0 Å². The predicted octanol–water partition coefficient (Wildman–Crippen LogP) is 1.96.